The Morgan fingerprint density at radius 2 is 2.00 bits per heavy atom. The van der Waals surface area contributed by atoms with Crippen LogP contribution < -0.4 is 15.5 Å². The van der Waals surface area contributed by atoms with Gasteiger partial charge in [0.2, 0.25) is 0 Å². The highest BCUT2D eigenvalue weighted by molar-refractivity contribution is 7.52. The molecule has 3 heterocycles. The fourth-order valence-corrected chi connectivity index (χ4v) is 6.16. The number of rotatable bonds is 9. The van der Waals surface area contributed by atoms with Gasteiger partial charge in [-0.25, -0.2) is 15.0 Å². The van der Waals surface area contributed by atoms with Crippen molar-refractivity contribution >= 4 is 58.9 Å². The lowest BCUT2D eigenvalue weighted by atomic mass is 10.2. The van der Waals surface area contributed by atoms with Crippen molar-refractivity contribution in [3.05, 3.63) is 51.7 Å². The first kappa shape index (κ1) is 27.4. The third-order valence-corrected chi connectivity index (χ3v) is 8.30. The molecule has 1 aliphatic rings. The Balaban J connectivity index is 1.39. The summed E-state index contributed by atoms with van der Waals surface area (Å²) in [6, 6.07) is 7.26. The molecule has 1 atom stereocenters. The minimum absolute atomic E-state index is 0.0142. The van der Waals surface area contributed by atoms with Gasteiger partial charge in [-0.2, -0.15) is 0 Å². The van der Waals surface area contributed by atoms with Crippen LogP contribution in [0.25, 0.3) is 0 Å². The number of nitrogens with one attached hydrogen (secondary N) is 2. The van der Waals surface area contributed by atoms with Gasteiger partial charge in [0.05, 0.1) is 23.5 Å². The molecule has 0 spiro atoms. The van der Waals surface area contributed by atoms with Crippen molar-refractivity contribution in [2.45, 2.75) is 20.8 Å². The lowest BCUT2D eigenvalue weighted by Crippen LogP contribution is -2.47. The smallest absolute Gasteiger partial charge is 0.341 e. The zero-order valence-corrected chi connectivity index (χ0v) is 23.2. The molecule has 2 aromatic heterocycles. The minimum atomic E-state index is -3.61. The standard InChI is InChI=1S/C23H29ClN7O4PS/c1-4-35-36(33,34)14-30-8-10-31(11-9-30)20-12-19(26-16(3)27-20)28-23-25-13-18(37-23)22(32)29-21-15(2)6-5-7-17(21)24/h5-7,12-13H,4,8-11,14H2,1-3H3,(H,29,32)(H,33,34)(H,25,26,27,28). The number of benzene rings is 1. The SMILES string of the molecule is CCOP(=O)(O)CN1CCN(c2cc(Nc3ncc(C(=O)Nc4c(C)cccc4Cl)s3)nc(C)n2)CC1. The average molecular weight is 566 g/mol. The quantitative estimate of drug-likeness (QED) is 0.318. The summed E-state index contributed by atoms with van der Waals surface area (Å²) in [6.45, 7) is 8.10. The molecule has 0 saturated carbocycles. The first-order valence-electron chi connectivity index (χ1n) is 11.7. The van der Waals surface area contributed by atoms with E-state index in [1.165, 1.54) is 17.5 Å². The fraction of sp³-hybridized carbons (Fsp3) is 0.391. The van der Waals surface area contributed by atoms with E-state index >= 15 is 0 Å². The molecule has 0 aliphatic carbocycles. The summed E-state index contributed by atoms with van der Waals surface area (Å²) in [6.07, 6.45) is 1.52. The molecule has 14 heteroatoms. The average Bonchev–Trinajstić information content (AvgIpc) is 3.30. The van der Waals surface area contributed by atoms with E-state index in [-0.39, 0.29) is 18.8 Å². The van der Waals surface area contributed by atoms with E-state index in [0.717, 1.165) is 11.4 Å². The number of thiazole rings is 1. The number of hydrogen-bond acceptors (Lipinski definition) is 10. The molecule has 11 nitrogen and oxygen atoms in total. The van der Waals surface area contributed by atoms with Crippen LogP contribution in [0.1, 0.15) is 28.0 Å². The molecule has 0 bridgehead atoms. The fourth-order valence-electron chi connectivity index (χ4n) is 3.90. The minimum Gasteiger partial charge on any atom is -0.354 e. The van der Waals surface area contributed by atoms with Crippen LogP contribution in [0.2, 0.25) is 5.02 Å². The van der Waals surface area contributed by atoms with Crippen LogP contribution in [-0.2, 0) is 9.09 Å². The first-order chi connectivity index (χ1) is 17.6. The number of hydrogen-bond donors (Lipinski definition) is 3. The summed E-state index contributed by atoms with van der Waals surface area (Å²) in [5, 5.41) is 7.01. The van der Waals surface area contributed by atoms with Gasteiger partial charge in [-0.15, -0.1) is 0 Å². The highest BCUT2D eigenvalue weighted by Gasteiger charge is 2.27. The number of anilines is 4. The van der Waals surface area contributed by atoms with Crippen LogP contribution in [0.3, 0.4) is 0 Å². The van der Waals surface area contributed by atoms with Gasteiger partial charge in [-0.3, -0.25) is 14.3 Å². The normalized spacial score (nSPS) is 15.9. The molecule has 1 aliphatic heterocycles. The number of halogens is 1. The molecule has 1 unspecified atom stereocenters. The number of amides is 1. The molecule has 1 fully saturated rings. The van der Waals surface area contributed by atoms with Gasteiger partial charge in [0.1, 0.15) is 28.6 Å². The lowest BCUT2D eigenvalue weighted by molar-refractivity contribution is 0.103. The van der Waals surface area contributed by atoms with Crippen molar-refractivity contribution < 1.29 is 18.8 Å². The molecule has 37 heavy (non-hydrogen) atoms. The number of carbonyl (C=O) groups is 1. The molecule has 1 saturated heterocycles. The van der Waals surface area contributed by atoms with Crippen molar-refractivity contribution in [1.82, 2.24) is 19.9 Å². The summed E-state index contributed by atoms with van der Waals surface area (Å²) in [5.41, 5.74) is 1.45. The van der Waals surface area contributed by atoms with Crippen molar-refractivity contribution in [3.63, 3.8) is 0 Å². The van der Waals surface area contributed by atoms with Crippen LogP contribution in [0, 0.1) is 13.8 Å². The number of aromatic nitrogens is 3. The second-order valence-electron chi connectivity index (χ2n) is 8.50. The van der Waals surface area contributed by atoms with Crippen molar-refractivity contribution in [3.8, 4) is 0 Å². The van der Waals surface area contributed by atoms with Gasteiger partial charge in [-0.1, -0.05) is 35.1 Å². The molecular formula is C23H29ClN7O4PS. The zero-order chi connectivity index (χ0) is 26.6. The molecule has 1 aromatic carbocycles. The van der Waals surface area contributed by atoms with E-state index in [1.54, 1.807) is 13.0 Å². The predicted molar refractivity (Wildman–Crippen MR) is 146 cm³/mol. The Hall–Kier alpha value is -2.60. The van der Waals surface area contributed by atoms with Crippen molar-refractivity contribution in [2.75, 3.05) is 54.6 Å². The van der Waals surface area contributed by atoms with Crippen LogP contribution in [0.4, 0.5) is 22.5 Å². The predicted octanol–water partition coefficient (Wildman–Crippen LogP) is 4.50. The van der Waals surface area contributed by atoms with Gasteiger partial charge in [-0.05, 0) is 32.4 Å². The molecule has 0 radical (unpaired) electrons. The summed E-state index contributed by atoms with van der Waals surface area (Å²) >= 11 is 7.43. The van der Waals surface area contributed by atoms with E-state index < -0.39 is 7.60 Å². The first-order valence-corrected chi connectivity index (χ1v) is 14.7. The number of aryl methyl sites for hydroxylation is 2. The van der Waals surface area contributed by atoms with Crippen LogP contribution in [-0.4, -0.2) is 69.7 Å². The second kappa shape index (κ2) is 11.8. The Morgan fingerprint density at radius 1 is 1.24 bits per heavy atom. The van der Waals surface area contributed by atoms with Gasteiger partial charge in [0, 0.05) is 32.2 Å². The number of para-hydroxylation sites is 1. The van der Waals surface area contributed by atoms with E-state index in [2.05, 4.69) is 30.5 Å². The Kier molecular flexibility index (Phi) is 8.79. The summed E-state index contributed by atoms with van der Waals surface area (Å²) in [7, 11) is -3.61. The molecule has 3 N–H and O–H groups in total. The number of nitrogens with zero attached hydrogens (tertiary/aromatic N) is 5. The van der Waals surface area contributed by atoms with Gasteiger partial charge < -0.3 is 25.0 Å². The molecule has 198 valence electrons. The van der Waals surface area contributed by atoms with Crippen molar-refractivity contribution in [1.29, 1.82) is 0 Å². The monoisotopic (exact) mass is 565 g/mol. The maximum atomic E-state index is 12.7. The summed E-state index contributed by atoms with van der Waals surface area (Å²) in [4.78, 5) is 40.4. The Labute approximate surface area is 224 Å². The Morgan fingerprint density at radius 3 is 2.70 bits per heavy atom. The highest BCUT2D eigenvalue weighted by Crippen LogP contribution is 2.42. The van der Waals surface area contributed by atoms with Crippen molar-refractivity contribution in [2.24, 2.45) is 0 Å². The van der Waals surface area contributed by atoms with Gasteiger partial charge in [0.15, 0.2) is 5.13 Å². The second-order valence-corrected chi connectivity index (χ2v) is 11.8. The lowest BCUT2D eigenvalue weighted by Gasteiger charge is -2.35. The van der Waals surface area contributed by atoms with E-state index in [1.807, 2.05) is 36.9 Å². The topological polar surface area (TPSA) is 133 Å². The molecule has 1 amide bonds. The van der Waals surface area contributed by atoms with Gasteiger partial charge >= 0.3 is 7.60 Å². The van der Waals surface area contributed by atoms with Gasteiger partial charge in [0.25, 0.3) is 5.91 Å². The zero-order valence-electron chi connectivity index (χ0n) is 20.8. The maximum absolute atomic E-state index is 12.7. The van der Waals surface area contributed by atoms with Crippen LogP contribution in [0.5, 0.6) is 0 Å². The summed E-state index contributed by atoms with van der Waals surface area (Å²) < 4.78 is 17.1. The van der Waals surface area contributed by atoms with Crippen LogP contribution >= 0.6 is 30.5 Å². The third kappa shape index (κ3) is 7.25. The molecular weight excluding hydrogens is 537 g/mol. The molecule has 4 rings (SSSR count). The van der Waals surface area contributed by atoms with E-state index in [9.17, 15) is 14.3 Å². The number of piperazine rings is 1. The van der Waals surface area contributed by atoms with Crippen LogP contribution in [0.15, 0.2) is 30.5 Å². The van der Waals surface area contributed by atoms with E-state index in [0.29, 0.717) is 58.5 Å². The largest absolute Gasteiger partial charge is 0.354 e. The molecule has 3 aromatic rings. The third-order valence-electron chi connectivity index (χ3n) is 5.66. The van der Waals surface area contributed by atoms with E-state index in [4.69, 9.17) is 16.1 Å². The summed E-state index contributed by atoms with van der Waals surface area (Å²) in [5.74, 6) is 1.60. The Bertz CT molecular complexity index is 1300. The maximum Gasteiger partial charge on any atom is 0.341 e. The number of carbonyl (C=O) groups excluding carboxylic acids is 1. The highest BCUT2D eigenvalue weighted by atomic mass is 35.5.